The van der Waals surface area contributed by atoms with Gasteiger partial charge in [-0.3, -0.25) is 0 Å². The zero-order valence-corrected chi connectivity index (χ0v) is 17.5. The first-order valence-corrected chi connectivity index (χ1v) is 9.79. The Morgan fingerprint density at radius 3 is 1.39 bits per heavy atom. The smallest absolute Gasteiger partial charge is 0.419 e. The van der Waals surface area contributed by atoms with E-state index in [1.165, 1.54) is 30.7 Å². The molecule has 0 unspecified atom stereocenters. The third kappa shape index (κ3) is 5.40. The van der Waals surface area contributed by atoms with Crippen molar-refractivity contribution in [1.29, 1.82) is 0 Å². The topological polar surface area (TPSA) is 157 Å². The van der Waals surface area contributed by atoms with E-state index in [-0.39, 0.29) is 18.8 Å². The number of benzene rings is 3. The van der Waals surface area contributed by atoms with Crippen molar-refractivity contribution in [3.63, 3.8) is 0 Å². The Kier molecular flexibility index (Phi) is 7.14. The third-order valence-corrected chi connectivity index (χ3v) is 4.79. The quantitative estimate of drug-likeness (QED) is 0.193. The number of hydrogen-bond acceptors (Lipinski definition) is 9. The summed E-state index contributed by atoms with van der Waals surface area (Å²) in [4.78, 5) is 37.6. The highest BCUT2D eigenvalue weighted by Crippen LogP contribution is 2.31. The van der Waals surface area contributed by atoms with E-state index in [0.717, 1.165) is 0 Å². The second-order valence-electron chi connectivity index (χ2n) is 7.12. The highest BCUT2D eigenvalue weighted by molar-refractivity contribution is 6.05. The predicted octanol–water partition coefficient (Wildman–Crippen LogP) is 2.20. The number of nitrogens with two attached hydrogens (primary N) is 3. The molecular formula is C24H22N3O6. The van der Waals surface area contributed by atoms with Gasteiger partial charge in [0, 0.05) is 22.6 Å². The third-order valence-electron chi connectivity index (χ3n) is 4.79. The molecule has 9 heteroatoms. The Balaban J connectivity index is 1.90. The van der Waals surface area contributed by atoms with Crippen molar-refractivity contribution in [1.82, 2.24) is 0 Å². The van der Waals surface area contributed by atoms with Crippen molar-refractivity contribution < 1.29 is 28.6 Å². The van der Waals surface area contributed by atoms with Gasteiger partial charge in [0.2, 0.25) is 0 Å². The number of rotatable bonds is 9. The first-order chi connectivity index (χ1) is 15.8. The second-order valence-corrected chi connectivity index (χ2v) is 7.12. The van der Waals surface area contributed by atoms with Crippen LogP contribution in [0.3, 0.4) is 0 Å². The number of carbonyl (C=O) groups is 2. The fourth-order valence-corrected chi connectivity index (χ4v) is 2.97. The van der Waals surface area contributed by atoms with Crippen molar-refractivity contribution in [3.05, 3.63) is 89.5 Å². The van der Waals surface area contributed by atoms with E-state index in [2.05, 4.69) is 0 Å². The molecule has 3 rings (SSSR count). The molecule has 0 saturated heterocycles. The number of anilines is 3. The van der Waals surface area contributed by atoms with E-state index in [1.54, 1.807) is 48.5 Å². The van der Waals surface area contributed by atoms with Gasteiger partial charge in [-0.2, -0.15) is 0 Å². The van der Waals surface area contributed by atoms with Crippen LogP contribution in [0.2, 0.25) is 0 Å². The number of hydrogen-bond donors (Lipinski definition) is 3. The maximum atomic E-state index is 13.2. The van der Waals surface area contributed by atoms with Gasteiger partial charge in [-0.15, -0.1) is 0 Å². The van der Waals surface area contributed by atoms with Gasteiger partial charge < -0.3 is 31.4 Å². The fraction of sp³-hybridized carbons (Fsp3) is 0.125. The molecule has 0 bridgehead atoms. The molecular weight excluding hydrogens is 426 g/mol. The Morgan fingerprint density at radius 1 is 0.667 bits per heavy atom. The van der Waals surface area contributed by atoms with E-state index in [0.29, 0.717) is 28.2 Å². The molecule has 3 aromatic carbocycles. The molecule has 0 aromatic heterocycles. The van der Waals surface area contributed by atoms with Crippen LogP contribution in [0, 0.1) is 0 Å². The van der Waals surface area contributed by atoms with Gasteiger partial charge >= 0.3 is 24.0 Å². The Hall–Kier alpha value is -4.53. The minimum Gasteiger partial charge on any atom is -0.457 e. The Morgan fingerprint density at radius 2 is 1.03 bits per heavy atom. The summed E-state index contributed by atoms with van der Waals surface area (Å²) in [5, 5.41) is 0. The molecule has 9 nitrogen and oxygen atoms in total. The lowest BCUT2D eigenvalue weighted by atomic mass is 9.93. The zero-order chi connectivity index (χ0) is 23.8. The van der Waals surface area contributed by atoms with Gasteiger partial charge in [0.15, 0.2) is 0 Å². The summed E-state index contributed by atoms with van der Waals surface area (Å²) in [6.07, 6.45) is 0. The minimum atomic E-state index is -2.54. The van der Waals surface area contributed by atoms with Crippen LogP contribution < -0.4 is 17.2 Å². The first kappa shape index (κ1) is 23.1. The van der Waals surface area contributed by atoms with Crippen LogP contribution in [0.25, 0.3) is 0 Å². The van der Waals surface area contributed by atoms with Crippen LogP contribution in [0.4, 0.5) is 17.1 Å². The van der Waals surface area contributed by atoms with Gasteiger partial charge in [-0.25, -0.2) is 14.4 Å². The van der Waals surface area contributed by atoms with Crippen molar-refractivity contribution in [2.45, 2.75) is 18.8 Å². The summed E-state index contributed by atoms with van der Waals surface area (Å²) in [5.41, 5.74) is 17.1. The lowest BCUT2D eigenvalue weighted by Gasteiger charge is -2.27. The number of carbonyl (C=O) groups excluding carboxylic acids is 3. The Bertz CT molecular complexity index is 1050. The van der Waals surface area contributed by atoms with Crippen molar-refractivity contribution >= 4 is 35.5 Å². The summed E-state index contributed by atoms with van der Waals surface area (Å²) in [7, 11) is 0. The van der Waals surface area contributed by atoms with Crippen molar-refractivity contribution in [3.8, 4) is 0 Å². The van der Waals surface area contributed by atoms with E-state index in [1.807, 2.05) is 0 Å². The van der Waals surface area contributed by atoms with Crippen molar-refractivity contribution in [2.24, 2.45) is 0 Å². The molecule has 0 heterocycles. The van der Waals surface area contributed by atoms with Gasteiger partial charge in [0.25, 0.3) is 0 Å². The summed E-state index contributed by atoms with van der Waals surface area (Å²) < 4.78 is 15.6. The average molecular weight is 448 g/mol. The summed E-state index contributed by atoms with van der Waals surface area (Å²) >= 11 is 0. The van der Waals surface area contributed by atoms with Gasteiger partial charge in [0.05, 0.1) is 0 Å². The number of nitrogen functional groups attached to an aromatic ring is 3. The normalized spacial score (nSPS) is 10.8. The molecule has 1 radical (unpaired) electrons. The van der Waals surface area contributed by atoms with Crippen LogP contribution in [-0.4, -0.2) is 18.4 Å². The fourth-order valence-electron chi connectivity index (χ4n) is 2.97. The van der Waals surface area contributed by atoms with Crippen LogP contribution in [0.15, 0.2) is 72.8 Å². The molecule has 0 amide bonds. The minimum absolute atomic E-state index is 0.00957. The first-order valence-electron chi connectivity index (χ1n) is 9.79. The second kappa shape index (κ2) is 10.2. The maximum Gasteiger partial charge on any atom is 0.419 e. The number of ether oxygens (including phenoxy) is 3. The molecule has 3 aromatic rings. The van der Waals surface area contributed by atoms with Gasteiger partial charge in [0.1, 0.15) is 13.2 Å². The highest BCUT2D eigenvalue weighted by Gasteiger charge is 2.54. The highest BCUT2D eigenvalue weighted by atomic mass is 16.6. The van der Waals surface area contributed by atoms with E-state index < -0.39 is 17.5 Å². The molecule has 0 atom stereocenters. The molecule has 0 aliphatic heterocycles. The van der Waals surface area contributed by atoms with Gasteiger partial charge in [-0.1, -0.05) is 36.4 Å². The lowest BCUT2D eigenvalue weighted by Crippen LogP contribution is -2.48. The molecule has 6 N–H and O–H groups in total. The molecule has 0 fully saturated rings. The largest absolute Gasteiger partial charge is 0.457 e. The van der Waals surface area contributed by atoms with Gasteiger partial charge in [-0.05, 0) is 47.5 Å². The van der Waals surface area contributed by atoms with Crippen LogP contribution in [0.1, 0.15) is 16.7 Å². The molecule has 0 aliphatic carbocycles. The monoisotopic (exact) mass is 448 g/mol. The SMILES string of the molecule is Nc1ccc(COC(=O)C(O[C]=O)(C(=O)OCc2ccc(N)cc2)c2ccc(N)cc2)cc1. The standard InChI is InChI=1S/C24H22N3O6/c25-19-7-1-16(2-8-19)13-31-22(29)24(33-15-28,18-5-11-21(27)12-6-18)23(30)32-14-17-3-9-20(26)10-4-17/h1-12H,13-14,25-27H2. The Labute approximate surface area is 190 Å². The molecule has 33 heavy (non-hydrogen) atoms. The van der Waals surface area contributed by atoms with Crippen molar-refractivity contribution in [2.75, 3.05) is 17.2 Å². The molecule has 0 spiro atoms. The average Bonchev–Trinajstić information content (AvgIpc) is 2.82. The predicted molar refractivity (Wildman–Crippen MR) is 121 cm³/mol. The molecule has 169 valence electrons. The molecule has 0 saturated carbocycles. The summed E-state index contributed by atoms with van der Waals surface area (Å²) in [6, 6.07) is 18.7. The maximum absolute atomic E-state index is 13.2. The van der Waals surface area contributed by atoms with Crippen LogP contribution in [-0.2, 0) is 47.4 Å². The van der Waals surface area contributed by atoms with Crippen LogP contribution >= 0.6 is 0 Å². The van der Waals surface area contributed by atoms with E-state index in [4.69, 9.17) is 31.4 Å². The summed E-state index contributed by atoms with van der Waals surface area (Å²) in [5.74, 6) is -2.32. The summed E-state index contributed by atoms with van der Waals surface area (Å²) in [6.45, 7) is 0.769. The lowest BCUT2D eigenvalue weighted by molar-refractivity contribution is -0.185. The number of esters is 2. The zero-order valence-electron chi connectivity index (χ0n) is 17.5. The molecule has 0 aliphatic rings. The van der Waals surface area contributed by atoms with Crippen LogP contribution in [0.5, 0.6) is 0 Å². The van der Waals surface area contributed by atoms with E-state index in [9.17, 15) is 14.4 Å². The van der Waals surface area contributed by atoms with E-state index >= 15 is 0 Å².